The second-order valence-electron chi connectivity index (χ2n) is 8.13. The van der Waals surface area contributed by atoms with Gasteiger partial charge in [0, 0.05) is 23.1 Å². The van der Waals surface area contributed by atoms with E-state index < -0.39 is 5.54 Å². The summed E-state index contributed by atoms with van der Waals surface area (Å²) in [4.78, 5) is 30.4. The molecule has 0 aliphatic heterocycles. The standard InChI is InChI=1S/C23H23N7O2/c31-21(17-6-7-19-18(11-17)13-26-29-19)28-23(8-1-2-9-23)22(32)24-12-15-4-3-5-16(10-15)20-25-14-27-30-20/h3-7,10-11,13-14H,1-2,8-9,12H2,(H,24,32)(H,26,29)(H,28,31)(H,25,27,30). The summed E-state index contributed by atoms with van der Waals surface area (Å²) in [7, 11) is 0. The highest BCUT2D eigenvalue weighted by atomic mass is 16.2. The van der Waals surface area contributed by atoms with Crippen molar-refractivity contribution in [2.24, 2.45) is 0 Å². The molecule has 1 fully saturated rings. The molecule has 9 heteroatoms. The minimum atomic E-state index is -0.898. The van der Waals surface area contributed by atoms with Crippen molar-refractivity contribution >= 4 is 22.7 Å². The summed E-state index contributed by atoms with van der Waals surface area (Å²) in [5, 5.41) is 20.5. The fourth-order valence-corrected chi connectivity index (χ4v) is 4.29. The monoisotopic (exact) mass is 429 g/mol. The Balaban J connectivity index is 1.29. The Morgan fingerprint density at radius 1 is 1.03 bits per heavy atom. The second kappa shape index (κ2) is 8.26. The van der Waals surface area contributed by atoms with E-state index in [1.807, 2.05) is 30.3 Å². The first-order valence-corrected chi connectivity index (χ1v) is 10.6. The van der Waals surface area contributed by atoms with Gasteiger partial charge in [-0.05, 0) is 42.7 Å². The molecule has 4 N–H and O–H groups in total. The predicted octanol–water partition coefficient (Wildman–Crippen LogP) is 2.71. The maximum absolute atomic E-state index is 13.2. The molecule has 0 bridgehead atoms. The van der Waals surface area contributed by atoms with Crippen LogP contribution in [-0.2, 0) is 11.3 Å². The molecule has 1 saturated carbocycles. The Morgan fingerprint density at radius 3 is 2.72 bits per heavy atom. The lowest BCUT2D eigenvalue weighted by Crippen LogP contribution is -2.57. The Kier molecular flexibility index (Phi) is 5.14. The number of hydrogen-bond donors (Lipinski definition) is 4. The van der Waals surface area contributed by atoms with Gasteiger partial charge in [0.25, 0.3) is 5.91 Å². The summed E-state index contributed by atoms with van der Waals surface area (Å²) in [5.74, 6) is 0.266. The van der Waals surface area contributed by atoms with Crippen LogP contribution in [0.4, 0.5) is 0 Å². The number of aromatic amines is 2. The molecule has 0 spiro atoms. The quantitative estimate of drug-likeness (QED) is 0.375. The predicted molar refractivity (Wildman–Crippen MR) is 118 cm³/mol. The van der Waals surface area contributed by atoms with Crippen LogP contribution in [0.3, 0.4) is 0 Å². The zero-order valence-electron chi connectivity index (χ0n) is 17.4. The first-order chi connectivity index (χ1) is 15.6. The van der Waals surface area contributed by atoms with Crippen LogP contribution in [-0.4, -0.2) is 42.7 Å². The van der Waals surface area contributed by atoms with Gasteiger partial charge in [-0.2, -0.15) is 10.2 Å². The fourth-order valence-electron chi connectivity index (χ4n) is 4.29. The number of nitrogens with one attached hydrogen (secondary N) is 4. The van der Waals surface area contributed by atoms with Gasteiger partial charge < -0.3 is 10.6 Å². The molecule has 0 saturated heterocycles. The van der Waals surface area contributed by atoms with E-state index in [1.54, 1.807) is 18.3 Å². The molecule has 2 aromatic heterocycles. The molecule has 9 nitrogen and oxygen atoms in total. The Morgan fingerprint density at radius 2 is 1.91 bits per heavy atom. The van der Waals surface area contributed by atoms with Gasteiger partial charge in [-0.25, -0.2) is 4.98 Å². The molecule has 2 amide bonds. The highest BCUT2D eigenvalue weighted by Crippen LogP contribution is 2.31. The van der Waals surface area contributed by atoms with E-state index in [0.717, 1.165) is 34.9 Å². The lowest BCUT2D eigenvalue weighted by atomic mass is 9.95. The number of carbonyl (C=O) groups is 2. The molecular weight excluding hydrogens is 406 g/mol. The molecule has 1 aliphatic carbocycles. The van der Waals surface area contributed by atoms with Crippen LogP contribution in [0, 0.1) is 0 Å². The average molecular weight is 429 g/mol. The zero-order valence-corrected chi connectivity index (χ0v) is 17.4. The minimum absolute atomic E-state index is 0.155. The van der Waals surface area contributed by atoms with E-state index in [-0.39, 0.29) is 11.8 Å². The number of carbonyl (C=O) groups excluding carboxylic acids is 2. The van der Waals surface area contributed by atoms with Gasteiger partial charge in [0.05, 0.1) is 11.7 Å². The maximum Gasteiger partial charge on any atom is 0.252 e. The van der Waals surface area contributed by atoms with Crippen LogP contribution in [0.2, 0.25) is 0 Å². The van der Waals surface area contributed by atoms with E-state index in [9.17, 15) is 9.59 Å². The Labute approximate surface area is 184 Å². The van der Waals surface area contributed by atoms with Crippen molar-refractivity contribution in [1.82, 2.24) is 36.0 Å². The van der Waals surface area contributed by atoms with Crippen LogP contribution in [0.25, 0.3) is 22.3 Å². The molecular formula is C23H23N7O2. The summed E-state index contributed by atoms with van der Waals surface area (Å²) in [6.45, 7) is 0.361. The highest BCUT2D eigenvalue weighted by molar-refractivity contribution is 6.01. The number of hydrogen-bond acceptors (Lipinski definition) is 5. The van der Waals surface area contributed by atoms with Gasteiger partial charge >= 0.3 is 0 Å². The van der Waals surface area contributed by atoms with E-state index >= 15 is 0 Å². The molecule has 1 aliphatic rings. The Bertz CT molecular complexity index is 1260. The van der Waals surface area contributed by atoms with E-state index in [0.29, 0.717) is 30.8 Å². The second-order valence-corrected chi connectivity index (χ2v) is 8.13. The van der Waals surface area contributed by atoms with E-state index in [1.165, 1.54) is 6.33 Å². The van der Waals surface area contributed by atoms with Crippen molar-refractivity contribution in [3.63, 3.8) is 0 Å². The third-order valence-corrected chi connectivity index (χ3v) is 6.02. The third-order valence-electron chi connectivity index (χ3n) is 6.02. The molecule has 0 radical (unpaired) electrons. The lowest BCUT2D eigenvalue weighted by Gasteiger charge is -2.29. The van der Waals surface area contributed by atoms with Gasteiger partial charge in [-0.1, -0.05) is 31.0 Å². The maximum atomic E-state index is 13.2. The molecule has 2 heterocycles. The Hall–Kier alpha value is -4.01. The van der Waals surface area contributed by atoms with Gasteiger partial charge in [0.2, 0.25) is 5.91 Å². The van der Waals surface area contributed by atoms with Crippen LogP contribution in [0.5, 0.6) is 0 Å². The van der Waals surface area contributed by atoms with Gasteiger partial charge in [0.15, 0.2) is 5.82 Å². The van der Waals surface area contributed by atoms with Gasteiger partial charge in [-0.15, -0.1) is 0 Å². The summed E-state index contributed by atoms with van der Waals surface area (Å²) in [6.07, 6.45) is 6.18. The minimum Gasteiger partial charge on any atom is -0.350 e. The SMILES string of the molecule is O=C(NC1(C(=O)NCc2cccc(-c3ncn[nH]3)c2)CCCC1)c1ccc2[nH]ncc2c1. The number of nitrogens with zero attached hydrogens (tertiary/aromatic N) is 3. The number of H-pyrrole nitrogens is 2. The normalized spacial score (nSPS) is 15.0. The van der Waals surface area contributed by atoms with Crippen molar-refractivity contribution in [2.75, 3.05) is 0 Å². The number of benzene rings is 2. The summed E-state index contributed by atoms with van der Waals surface area (Å²) >= 11 is 0. The molecule has 0 unspecified atom stereocenters. The number of amides is 2. The van der Waals surface area contributed by atoms with Gasteiger partial charge in [-0.3, -0.25) is 19.8 Å². The first-order valence-electron chi connectivity index (χ1n) is 10.6. The highest BCUT2D eigenvalue weighted by Gasteiger charge is 2.42. The molecule has 0 atom stereocenters. The fraction of sp³-hybridized carbons (Fsp3) is 0.261. The molecule has 5 rings (SSSR count). The summed E-state index contributed by atoms with van der Waals surface area (Å²) in [5.41, 5.74) is 2.32. The lowest BCUT2D eigenvalue weighted by molar-refractivity contribution is -0.127. The topological polar surface area (TPSA) is 128 Å². The van der Waals surface area contributed by atoms with Crippen LogP contribution in [0.1, 0.15) is 41.6 Å². The zero-order chi connectivity index (χ0) is 22.0. The van der Waals surface area contributed by atoms with Crippen molar-refractivity contribution in [2.45, 2.75) is 37.8 Å². The smallest absolute Gasteiger partial charge is 0.252 e. The number of aromatic nitrogens is 5. The van der Waals surface area contributed by atoms with Crippen LogP contribution < -0.4 is 10.6 Å². The molecule has 32 heavy (non-hydrogen) atoms. The van der Waals surface area contributed by atoms with Crippen LogP contribution >= 0.6 is 0 Å². The van der Waals surface area contributed by atoms with Crippen LogP contribution in [0.15, 0.2) is 55.0 Å². The van der Waals surface area contributed by atoms with Crippen molar-refractivity contribution in [3.8, 4) is 11.4 Å². The molecule has 2 aromatic carbocycles. The van der Waals surface area contributed by atoms with Crippen molar-refractivity contribution in [1.29, 1.82) is 0 Å². The largest absolute Gasteiger partial charge is 0.350 e. The first kappa shape index (κ1) is 19.9. The van der Waals surface area contributed by atoms with Gasteiger partial charge in [0.1, 0.15) is 11.9 Å². The summed E-state index contributed by atoms with van der Waals surface area (Å²) < 4.78 is 0. The molecule has 162 valence electrons. The van der Waals surface area contributed by atoms with Crippen molar-refractivity contribution in [3.05, 3.63) is 66.1 Å². The summed E-state index contributed by atoms with van der Waals surface area (Å²) in [6, 6.07) is 13.1. The van der Waals surface area contributed by atoms with E-state index in [2.05, 4.69) is 36.0 Å². The van der Waals surface area contributed by atoms with Crippen molar-refractivity contribution < 1.29 is 9.59 Å². The van der Waals surface area contributed by atoms with E-state index in [4.69, 9.17) is 0 Å². The molecule has 4 aromatic rings. The third kappa shape index (κ3) is 3.84. The number of rotatable bonds is 6. The number of fused-ring (bicyclic) bond motifs is 1. The average Bonchev–Trinajstić information content (AvgIpc) is 3.59.